The largest absolute Gasteiger partial charge is 0.355 e. The van der Waals surface area contributed by atoms with Crippen LogP contribution in [0.15, 0.2) is 30.3 Å². The molecule has 104 valence electrons. The van der Waals surface area contributed by atoms with Crippen molar-refractivity contribution >= 4 is 16.7 Å². The molecule has 0 radical (unpaired) electrons. The van der Waals surface area contributed by atoms with Crippen LogP contribution in [0.4, 0.5) is 5.82 Å². The van der Waals surface area contributed by atoms with Crippen LogP contribution in [0.25, 0.3) is 10.9 Å². The van der Waals surface area contributed by atoms with Crippen LogP contribution < -0.4 is 4.90 Å². The Hall–Kier alpha value is -2.08. The van der Waals surface area contributed by atoms with Gasteiger partial charge in [0, 0.05) is 18.5 Å². The van der Waals surface area contributed by atoms with Crippen LogP contribution in [0.3, 0.4) is 0 Å². The minimum atomic E-state index is 0.120. The number of benzene rings is 1. The molecule has 0 saturated carbocycles. The van der Waals surface area contributed by atoms with Crippen molar-refractivity contribution in [3.63, 3.8) is 0 Å². The third-order valence-corrected chi connectivity index (χ3v) is 3.99. The van der Waals surface area contributed by atoms with Crippen molar-refractivity contribution < 1.29 is 0 Å². The van der Waals surface area contributed by atoms with Gasteiger partial charge in [-0.15, -0.1) is 0 Å². The third kappa shape index (κ3) is 2.60. The quantitative estimate of drug-likeness (QED) is 0.826. The lowest BCUT2D eigenvalue weighted by Crippen LogP contribution is -2.40. The van der Waals surface area contributed by atoms with Crippen LogP contribution in [0.5, 0.6) is 0 Å². The van der Waals surface area contributed by atoms with Gasteiger partial charge >= 0.3 is 0 Å². The van der Waals surface area contributed by atoms with Gasteiger partial charge < -0.3 is 4.90 Å². The molecule has 3 nitrogen and oxygen atoms in total. The standard InChI is InChI=1S/C17H21N3/c1-12(17(2,3)4)20(5)16-14(11-18)10-13-8-6-7-9-15(13)19-16/h6-10,12H,1-5H3. The fourth-order valence-corrected chi connectivity index (χ4v) is 2.22. The van der Waals surface area contributed by atoms with Gasteiger partial charge in [-0.1, -0.05) is 39.0 Å². The summed E-state index contributed by atoms with van der Waals surface area (Å²) < 4.78 is 0. The van der Waals surface area contributed by atoms with E-state index in [9.17, 15) is 5.26 Å². The van der Waals surface area contributed by atoms with E-state index in [1.165, 1.54) is 0 Å². The monoisotopic (exact) mass is 267 g/mol. The van der Waals surface area contributed by atoms with Crippen LogP contribution >= 0.6 is 0 Å². The lowest BCUT2D eigenvalue weighted by Gasteiger charge is -2.36. The minimum absolute atomic E-state index is 0.120. The molecular weight excluding hydrogens is 246 g/mol. The fraction of sp³-hybridized carbons (Fsp3) is 0.412. The van der Waals surface area contributed by atoms with Crippen molar-refractivity contribution in [2.45, 2.75) is 33.7 Å². The highest BCUT2D eigenvalue weighted by atomic mass is 15.2. The number of nitrogens with zero attached hydrogens (tertiary/aromatic N) is 3. The Bertz CT molecular complexity index is 662. The Morgan fingerprint density at radius 3 is 2.50 bits per heavy atom. The van der Waals surface area contributed by atoms with E-state index < -0.39 is 0 Å². The average molecular weight is 267 g/mol. The van der Waals surface area contributed by atoms with E-state index in [-0.39, 0.29) is 11.5 Å². The third-order valence-electron chi connectivity index (χ3n) is 3.99. The second-order valence-corrected chi connectivity index (χ2v) is 6.32. The van der Waals surface area contributed by atoms with Crippen molar-refractivity contribution in [3.05, 3.63) is 35.9 Å². The summed E-state index contributed by atoms with van der Waals surface area (Å²) in [5.41, 5.74) is 1.67. The van der Waals surface area contributed by atoms with Crippen LogP contribution in [-0.4, -0.2) is 18.1 Å². The van der Waals surface area contributed by atoms with Gasteiger partial charge in [-0.25, -0.2) is 4.98 Å². The average Bonchev–Trinajstić information content (AvgIpc) is 2.43. The maximum absolute atomic E-state index is 9.39. The Labute approximate surface area is 120 Å². The second kappa shape index (κ2) is 5.13. The van der Waals surface area contributed by atoms with Gasteiger partial charge in [-0.05, 0) is 24.5 Å². The zero-order valence-electron chi connectivity index (χ0n) is 12.8. The van der Waals surface area contributed by atoms with Crippen molar-refractivity contribution in [2.75, 3.05) is 11.9 Å². The number of hydrogen-bond donors (Lipinski definition) is 0. The number of aromatic nitrogens is 1. The van der Waals surface area contributed by atoms with E-state index in [0.717, 1.165) is 16.7 Å². The van der Waals surface area contributed by atoms with E-state index in [4.69, 9.17) is 0 Å². The topological polar surface area (TPSA) is 39.9 Å². The van der Waals surface area contributed by atoms with Crippen LogP contribution in [0, 0.1) is 16.7 Å². The van der Waals surface area contributed by atoms with E-state index >= 15 is 0 Å². The molecule has 1 unspecified atom stereocenters. The molecule has 1 heterocycles. The summed E-state index contributed by atoms with van der Waals surface area (Å²) in [5, 5.41) is 10.4. The molecule has 0 aliphatic rings. The molecule has 0 fully saturated rings. The summed E-state index contributed by atoms with van der Waals surface area (Å²) >= 11 is 0. The number of pyridine rings is 1. The highest BCUT2D eigenvalue weighted by molar-refractivity contribution is 5.83. The molecule has 0 N–H and O–H groups in total. The Kier molecular flexibility index (Phi) is 3.67. The first-order chi connectivity index (χ1) is 9.34. The van der Waals surface area contributed by atoms with Gasteiger partial charge in [0.2, 0.25) is 0 Å². The lowest BCUT2D eigenvalue weighted by molar-refractivity contribution is 0.328. The molecule has 2 rings (SSSR count). The lowest BCUT2D eigenvalue weighted by atomic mass is 9.87. The van der Waals surface area contributed by atoms with Crippen molar-refractivity contribution in [2.24, 2.45) is 5.41 Å². The summed E-state index contributed by atoms with van der Waals surface area (Å²) in [7, 11) is 2.01. The van der Waals surface area contributed by atoms with Crippen molar-refractivity contribution in [1.29, 1.82) is 5.26 Å². The molecule has 3 heteroatoms. The summed E-state index contributed by atoms with van der Waals surface area (Å²) in [6.07, 6.45) is 0. The normalized spacial score (nSPS) is 13.0. The first kappa shape index (κ1) is 14.3. The number of para-hydroxylation sites is 1. The Morgan fingerprint density at radius 1 is 1.25 bits per heavy atom. The highest BCUT2D eigenvalue weighted by Crippen LogP contribution is 2.29. The van der Waals surface area contributed by atoms with Crippen molar-refractivity contribution in [1.82, 2.24) is 4.98 Å². The predicted octanol–water partition coefficient (Wildman–Crippen LogP) is 3.98. The molecule has 0 amide bonds. The van der Waals surface area contributed by atoms with Gasteiger partial charge in [0.1, 0.15) is 11.9 Å². The summed E-state index contributed by atoms with van der Waals surface area (Å²) in [6, 6.07) is 12.4. The number of hydrogen-bond acceptors (Lipinski definition) is 3. The van der Waals surface area contributed by atoms with Crippen molar-refractivity contribution in [3.8, 4) is 6.07 Å². The molecule has 2 aromatic rings. The van der Waals surface area contributed by atoms with Gasteiger partial charge in [-0.3, -0.25) is 0 Å². The predicted molar refractivity (Wildman–Crippen MR) is 83.8 cm³/mol. The maximum atomic E-state index is 9.39. The number of nitriles is 1. The number of rotatable bonds is 2. The van der Waals surface area contributed by atoms with E-state index in [0.29, 0.717) is 5.56 Å². The van der Waals surface area contributed by atoms with E-state index in [1.807, 2.05) is 37.4 Å². The zero-order chi connectivity index (χ0) is 14.9. The minimum Gasteiger partial charge on any atom is -0.355 e. The SMILES string of the molecule is CC(N(C)c1nc2ccccc2cc1C#N)C(C)(C)C. The van der Waals surface area contributed by atoms with Gasteiger partial charge in [0.25, 0.3) is 0 Å². The molecule has 20 heavy (non-hydrogen) atoms. The highest BCUT2D eigenvalue weighted by Gasteiger charge is 2.26. The van der Waals surface area contributed by atoms with Crippen LogP contribution in [-0.2, 0) is 0 Å². The molecule has 0 spiro atoms. The number of anilines is 1. The molecule has 0 bridgehead atoms. The maximum Gasteiger partial charge on any atom is 0.147 e. The molecule has 0 aliphatic carbocycles. The molecule has 0 saturated heterocycles. The Balaban J connectivity index is 2.56. The van der Waals surface area contributed by atoms with Gasteiger partial charge in [-0.2, -0.15) is 5.26 Å². The fourth-order valence-electron chi connectivity index (χ4n) is 2.22. The Morgan fingerprint density at radius 2 is 1.90 bits per heavy atom. The molecular formula is C17H21N3. The summed E-state index contributed by atoms with van der Waals surface area (Å²) in [5.74, 6) is 0.758. The molecule has 1 aromatic carbocycles. The molecule has 1 aromatic heterocycles. The van der Waals surface area contributed by atoms with E-state index in [2.05, 4.69) is 43.6 Å². The molecule has 1 atom stereocenters. The first-order valence-electron chi connectivity index (χ1n) is 6.87. The summed E-state index contributed by atoms with van der Waals surface area (Å²) in [6.45, 7) is 8.75. The number of fused-ring (bicyclic) bond motifs is 1. The summed E-state index contributed by atoms with van der Waals surface area (Å²) in [4.78, 5) is 6.79. The van der Waals surface area contributed by atoms with Crippen LogP contribution in [0.2, 0.25) is 0 Å². The van der Waals surface area contributed by atoms with Gasteiger partial charge in [0.05, 0.1) is 11.1 Å². The molecule has 0 aliphatic heterocycles. The first-order valence-corrected chi connectivity index (χ1v) is 6.87. The van der Waals surface area contributed by atoms with Crippen LogP contribution in [0.1, 0.15) is 33.3 Å². The van der Waals surface area contributed by atoms with Gasteiger partial charge in [0.15, 0.2) is 0 Å². The van der Waals surface area contributed by atoms with E-state index in [1.54, 1.807) is 0 Å². The zero-order valence-corrected chi connectivity index (χ0v) is 12.8. The smallest absolute Gasteiger partial charge is 0.147 e. The second-order valence-electron chi connectivity index (χ2n) is 6.32.